The maximum Gasteiger partial charge on any atom is 0.327 e. The van der Waals surface area contributed by atoms with Crippen LogP contribution >= 0.6 is 11.8 Å². The van der Waals surface area contributed by atoms with Gasteiger partial charge in [0.1, 0.15) is 11.8 Å². The Labute approximate surface area is 126 Å². The van der Waals surface area contributed by atoms with Crippen LogP contribution in [0, 0.1) is 11.8 Å². The van der Waals surface area contributed by atoms with Gasteiger partial charge in [0, 0.05) is 30.8 Å². The molecule has 1 aliphatic carbocycles. The smallest absolute Gasteiger partial charge is 0.327 e. The number of carboxylic acids is 1. The zero-order valence-corrected chi connectivity index (χ0v) is 12.8. The fourth-order valence-electron chi connectivity index (χ4n) is 2.28. The van der Waals surface area contributed by atoms with Crippen molar-refractivity contribution in [3.05, 3.63) is 0 Å². The highest BCUT2D eigenvalue weighted by molar-refractivity contribution is 7.99. The van der Waals surface area contributed by atoms with Crippen molar-refractivity contribution >= 4 is 35.4 Å². The van der Waals surface area contributed by atoms with Gasteiger partial charge in [-0.15, -0.1) is 0 Å². The maximum atomic E-state index is 11.8. The Morgan fingerprint density at radius 1 is 1.48 bits per heavy atom. The van der Waals surface area contributed by atoms with Crippen molar-refractivity contribution in [2.45, 2.75) is 25.8 Å². The van der Waals surface area contributed by atoms with E-state index in [4.69, 9.17) is 5.11 Å². The standard InChI is InChI=1S/C13H19NO6S/c1-7(15)14-10(12(17)18)6-21-5-9-8(13(19)20-2)3-4-11(9)16/h8-10H,3-6H2,1-2H3,(H,14,15)(H,17,18)/t8-,9+,10?/m0/s1. The van der Waals surface area contributed by atoms with Gasteiger partial charge in [-0.05, 0) is 6.42 Å². The first kappa shape index (κ1) is 17.5. The van der Waals surface area contributed by atoms with Crippen molar-refractivity contribution in [2.24, 2.45) is 11.8 Å². The lowest BCUT2D eigenvalue weighted by Crippen LogP contribution is -2.41. The van der Waals surface area contributed by atoms with E-state index in [-0.39, 0.29) is 11.5 Å². The third kappa shape index (κ3) is 5.04. The molecule has 7 nitrogen and oxygen atoms in total. The minimum absolute atomic E-state index is 0.00398. The zero-order chi connectivity index (χ0) is 16.0. The molecular weight excluding hydrogens is 298 g/mol. The van der Waals surface area contributed by atoms with Crippen LogP contribution in [0.5, 0.6) is 0 Å². The fraction of sp³-hybridized carbons (Fsp3) is 0.692. The van der Waals surface area contributed by atoms with Crippen LogP contribution in [0.3, 0.4) is 0 Å². The first-order valence-electron chi connectivity index (χ1n) is 6.55. The van der Waals surface area contributed by atoms with Gasteiger partial charge in [0.15, 0.2) is 0 Å². The molecule has 0 aliphatic heterocycles. The maximum absolute atomic E-state index is 11.8. The molecule has 0 saturated heterocycles. The van der Waals surface area contributed by atoms with E-state index in [0.717, 1.165) is 0 Å². The third-order valence-electron chi connectivity index (χ3n) is 3.36. The quantitative estimate of drug-likeness (QED) is 0.640. The van der Waals surface area contributed by atoms with Crippen LogP contribution in [-0.4, -0.2) is 53.4 Å². The summed E-state index contributed by atoms with van der Waals surface area (Å²) in [7, 11) is 1.28. The molecule has 0 aromatic rings. The van der Waals surface area contributed by atoms with Crippen molar-refractivity contribution in [2.75, 3.05) is 18.6 Å². The van der Waals surface area contributed by atoms with Crippen LogP contribution < -0.4 is 5.32 Å². The molecular formula is C13H19NO6S. The number of carbonyl (C=O) groups is 4. The lowest BCUT2D eigenvalue weighted by molar-refractivity contribution is -0.147. The minimum Gasteiger partial charge on any atom is -0.480 e. The molecule has 0 aromatic heterocycles. The second-order valence-electron chi connectivity index (χ2n) is 4.87. The number of carbonyl (C=O) groups excluding carboxylic acids is 3. The normalized spacial score (nSPS) is 22.7. The predicted octanol–water partition coefficient (Wildman–Crippen LogP) is 0.0772. The molecule has 2 N–H and O–H groups in total. The number of ketones is 1. The number of aliphatic carboxylic acids is 1. The zero-order valence-electron chi connectivity index (χ0n) is 12.0. The third-order valence-corrected chi connectivity index (χ3v) is 4.53. The molecule has 21 heavy (non-hydrogen) atoms. The second kappa shape index (κ2) is 8.02. The molecule has 8 heteroatoms. The fourth-order valence-corrected chi connectivity index (χ4v) is 3.55. The van der Waals surface area contributed by atoms with Crippen LogP contribution in [0.4, 0.5) is 0 Å². The van der Waals surface area contributed by atoms with Gasteiger partial charge in [0.25, 0.3) is 0 Å². The summed E-state index contributed by atoms with van der Waals surface area (Å²) in [5, 5.41) is 11.3. The summed E-state index contributed by atoms with van der Waals surface area (Å²) in [4.78, 5) is 45.3. The van der Waals surface area contributed by atoms with Crippen molar-refractivity contribution in [3.8, 4) is 0 Å². The van der Waals surface area contributed by atoms with E-state index in [0.29, 0.717) is 18.6 Å². The summed E-state index contributed by atoms with van der Waals surface area (Å²) in [5.74, 6) is -2.33. The van der Waals surface area contributed by atoms with Gasteiger partial charge in [-0.3, -0.25) is 14.4 Å². The minimum atomic E-state index is -1.13. The molecule has 0 heterocycles. The highest BCUT2D eigenvalue weighted by Crippen LogP contribution is 2.32. The molecule has 0 bridgehead atoms. The molecule has 1 amide bonds. The van der Waals surface area contributed by atoms with Crippen molar-refractivity contribution in [1.29, 1.82) is 0 Å². The Kier molecular flexibility index (Phi) is 6.67. The van der Waals surface area contributed by atoms with E-state index in [1.807, 2.05) is 0 Å². The Morgan fingerprint density at radius 2 is 2.14 bits per heavy atom. The number of thioether (sulfide) groups is 1. The lowest BCUT2D eigenvalue weighted by Gasteiger charge is -2.17. The number of methoxy groups -OCH3 is 1. The Hall–Kier alpha value is -1.57. The summed E-state index contributed by atoms with van der Waals surface area (Å²) >= 11 is 1.24. The summed E-state index contributed by atoms with van der Waals surface area (Å²) in [6.07, 6.45) is 0.823. The molecule has 1 aliphatic rings. The predicted molar refractivity (Wildman–Crippen MR) is 75.8 cm³/mol. The Bertz CT molecular complexity index is 438. The summed E-state index contributed by atoms with van der Waals surface area (Å²) in [6.45, 7) is 1.24. The number of Topliss-reactive ketones (excluding diaryl/α,β-unsaturated/α-hetero) is 1. The SMILES string of the molecule is COC(=O)[C@H]1CCC(=O)[C@@H]1CSCC(NC(C)=O)C(=O)O. The number of amides is 1. The number of carboxylic acid groups (broad SMARTS) is 1. The average Bonchev–Trinajstić information content (AvgIpc) is 2.77. The average molecular weight is 317 g/mol. The van der Waals surface area contributed by atoms with Crippen LogP contribution in [0.25, 0.3) is 0 Å². The lowest BCUT2D eigenvalue weighted by atomic mass is 9.98. The molecule has 1 unspecified atom stereocenters. The van der Waals surface area contributed by atoms with E-state index in [1.165, 1.54) is 25.8 Å². The van der Waals surface area contributed by atoms with Gasteiger partial charge >= 0.3 is 11.9 Å². The number of hydrogen-bond donors (Lipinski definition) is 2. The van der Waals surface area contributed by atoms with Gasteiger partial charge in [0.05, 0.1) is 13.0 Å². The first-order valence-corrected chi connectivity index (χ1v) is 7.70. The first-order chi connectivity index (χ1) is 9.86. The van der Waals surface area contributed by atoms with Crippen LogP contribution in [0.15, 0.2) is 0 Å². The molecule has 0 spiro atoms. The molecule has 1 saturated carbocycles. The number of esters is 1. The largest absolute Gasteiger partial charge is 0.480 e. The molecule has 0 aromatic carbocycles. The van der Waals surface area contributed by atoms with E-state index in [9.17, 15) is 19.2 Å². The number of rotatable bonds is 7. The highest BCUT2D eigenvalue weighted by Gasteiger charge is 2.39. The molecule has 0 radical (unpaired) electrons. The van der Waals surface area contributed by atoms with Gasteiger partial charge in [-0.2, -0.15) is 11.8 Å². The van der Waals surface area contributed by atoms with Gasteiger partial charge in [0.2, 0.25) is 5.91 Å². The highest BCUT2D eigenvalue weighted by atomic mass is 32.2. The van der Waals surface area contributed by atoms with Crippen molar-refractivity contribution in [3.63, 3.8) is 0 Å². The van der Waals surface area contributed by atoms with Crippen LogP contribution in [0.1, 0.15) is 19.8 Å². The van der Waals surface area contributed by atoms with Gasteiger partial charge in [-0.25, -0.2) is 4.79 Å². The summed E-state index contributed by atoms with van der Waals surface area (Å²) in [5.41, 5.74) is 0. The number of hydrogen-bond acceptors (Lipinski definition) is 6. The molecule has 1 fully saturated rings. The van der Waals surface area contributed by atoms with Crippen LogP contribution in [0.2, 0.25) is 0 Å². The monoisotopic (exact) mass is 317 g/mol. The van der Waals surface area contributed by atoms with Crippen molar-refractivity contribution in [1.82, 2.24) is 5.32 Å². The van der Waals surface area contributed by atoms with Gasteiger partial charge < -0.3 is 15.2 Å². The Morgan fingerprint density at radius 3 is 2.67 bits per heavy atom. The van der Waals surface area contributed by atoms with E-state index < -0.39 is 35.7 Å². The van der Waals surface area contributed by atoms with Crippen LogP contribution in [-0.2, 0) is 23.9 Å². The number of ether oxygens (including phenoxy) is 1. The topological polar surface area (TPSA) is 110 Å². The number of nitrogens with one attached hydrogen (secondary N) is 1. The summed E-state index contributed by atoms with van der Waals surface area (Å²) in [6, 6.07) is -0.999. The Balaban J connectivity index is 2.52. The van der Waals surface area contributed by atoms with Crippen molar-refractivity contribution < 1.29 is 29.0 Å². The summed E-state index contributed by atoms with van der Waals surface area (Å²) < 4.78 is 4.68. The molecule has 118 valence electrons. The van der Waals surface area contributed by atoms with E-state index in [1.54, 1.807) is 0 Å². The van der Waals surface area contributed by atoms with E-state index in [2.05, 4.69) is 10.1 Å². The molecule has 3 atom stereocenters. The molecule has 1 rings (SSSR count). The van der Waals surface area contributed by atoms with E-state index >= 15 is 0 Å². The second-order valence-corrected chi connectivity index (χ2v) is 5.94. The van der Waals surface area contributed by atoms with Gasteiger partial charge in [-0.1, -0.05) is 0 Å².